The highest BCUT2D eigenvalue weighted by atomic mass is 19.3. The maximum atomic E-state index is 12.4. The zero-order valence-electron chi connectivity index (χ0n) is 13.7. The third-order valence-corrected chi connectivity index (χ3v) is 3.68. The second-order valence-corrected chi connectivity index (χ2v) is 5.27. The number of benzene rings is 1. The highest BCUT2D eigenvalue weighted by Gasteiger charge is 2.11. The SMILES string of the molecule is COc1cc(CCNc2ncnc3c2cnn3C)ccc1OC(F)F. The minimum atomic E-state index is -2.89. The van der Waals surface area contributed by atoms with Crippen molar-refractivity contribution in [3.8, 4) is 11.5 Å². The fourth-order valence-electron chi connectivity index (χ4n) is 2.49. The second-order valence-electron chi connectivity index (χ2n) is 5.27. The predicted molar refractivity (Wildman–Crippen MR) is 88.1 cm³/mol. The number of methoxy groups -OCH3 is 1. The number of alkyl halides is 2. The van der Waals surface area contributed by atoms with Crippen LogP contribution in [0, 0.1) is 0 Å². The van der Waals surface area contributed by atoms with Gasteiger partial charge in [-0.05, 0) is 24.1 Å². The summed E-state index contributed by atoms with van der Waals surface area (Å²) in [6.07, 6.45) is 3.83. The number of hydrogen-bond acceptors (Lipinski definition) is 6. The molecule has 3 aromatic rings. The molecule has 2 heterocycles. The molecule has 1 N–H and O–H groups in total. The molecule has 7 nitrogen and oxygen atoms in total. The molecule has 132 valence electrons. The molecule has 2 aromatic heterocycles. The number of nitrogens with zero attached hydrogens (tertiary/aromatic N) is 4. The zero-order chi connectivity index (χ0) is 17.8. The summed E-state index contributed by atoms with van der Waals surface area (Å²) in [5.41, 5.74) is 1.66. The van der Waals surface area contributed by atoms with Crippen LogP contribution in [0.3, 0.4) is 0 Å². The molecule has 9 heteroatoms. The van der Waals surface area contributed by atoms with Crippen molar-refractivity contribution >= 4 is 16.9 Å². The Kier molecular flexibility index (Phi) is 4.92. The van der Waals surface area contributed by atoms with Crippen LogP contribution in [0.1, 0.15) is 5.56 Å². The molecular formula is C16H17F2N5O2. The smallest absolute Gasteiger partial charge is 0.387 e. The Labute approximate surface area is 142 Å². The number of aryl methyl sites for hydroxylation is 1. The van der Waals surface area contributed by atoms with Crippen LogP contribution in [0.2, 0.25) is 0 Å². The van der Waals surface area contributed by atoms with E-state index in [1.807, 2.05) is 7.05 Å². The number of rotatable bonds is 7. The predicted octanol–water partition coefficient (Wildman–Crippen LogP) is 2.63. The first kappa shape index (κ1) is 16.9. The fraction of sp³-hybridized carbons (Fsp3) is 0.312. The Balaban J connectivity index is 1.67. The molecule has 0 aliphatic carbocycles. The summed E-state index contributed by atoms with van der Waals surface area (Å²) >= 11 is 0. The summed E-state index contributed by atoms with van der Waals surface area (Å²) in [6.45, 7) is -2.29. The lowest BCUT2D eigenvalue weighted by Crippen LogP contribution is -2.08. The monoisotopic (exact) mass is 349 g/mol. The lowest BCUT2D eigenvalue weighted by molar-refractivity contribution is -0.0512. The molecular weight excluding hydrogens is 332 g/mol. The number of anilines is 1. The molecule has 0 saturated carbocycles. The van der Waals surface area contributed by atoms with Crippen LogP contribution in [-0.4, -0.2) is 40.0 Å². The summed E-state index contributed by atoms with van der Waals surface area (Å²) in [5, 5.41) is 8.23. The van der Waals surface area contributed by atoms with E-state index in [4.69, 9.17) is 4.74 Å². The van der Waals surface area contributed by atoms with Crippen molar-refractivity contribution in [3.05, 3.63) is 36.3 Å². The number of hydrogen-bond donors (Lipinski definition) is 1. The van der Waals surface area contributed by atoms with Gasteiger partial charge < -0.3 is 14.8 Å². The van der Waals surface area contributed by atoms with Gasteiger partial charge in [0.2, 0.25) is 0 Å². The molecule has 1 aromatic carbocycles. The van der Waals surface area contributed by atoms with Gasteiger partial charge in [0.1, 0.15) is 12.1 Å². The number of nitrogens with one attached hydrogen (secondary N) is 1. The standard InChI is InChI=1S/C16H17F2N5O2/c1-23-15-11(8-22-23)14(20-9-21-15)19-6-5-10-3-4-12(25-16(17)18)13(7-10)24-2/h3-4,7-9,16H,5-6H2,1-2H3,(H,19,20,21). The van der Waals surface area contributed by atoms with Crippen LogP contribution < -0.4 is 14.8 Å². The molecule has 0 aliphatic rings. The molecule has 0 bridgehead atoms. The van der Waals surface area contributed by atoms with Crippen LogP contribution in [-0.2, 0) is 13.5 Å². The molecule has 3 rings (SSSR count). The summed E-state index contributed by atoms with van der Waals surface area (Å²) in [4.78, 5) is 8.41. The maximum Gasteiger partial charge on any atom is 0.387 e. The Morgan fingerprint density at radius 3 is 2.84 bits per heavy atom. The zero-order valence-corrected chi connectivity index (χ0v) is 13.7. The van der Waals surface area contributed by atoms with Crippen LogP contribution in [0.5, 0.6) is 11.5 Å². The summed E-state index contributed by atoms with van der Waals surface area (Å²) in [5.74, 6) is 0.985. The average molecular weight is 349 g/mol. The molecule has 25 heavy (non-hydrogen) atoms. The summed E-state index contributed by atoms with van der Waals surface area (Å²) in [6, 6.07) is 4.88. The van der Waals surface area contributed by atoms with E-state index in [-0.39, 0.29) is 11.5 Å². The first-order valence-electron chi connectivity index (χ1n) is 7.57. The van der Waals surface area contributed by atoms with E-state index in [2.05, 4.69) is 25.1 Å². The quantitative estimate of drug-likeness (QED) is 0.707. The molecule has 0 saturated heterocycles. The van der Waals surface area contributed by atoms with Crippen LogP contribution >= 0.6 is 0 Å². The lowest BCUT2D eigenvalue weighted by atomic mass is 10.1. The van der Waals surface area contributed by atoms with Crippen molar-refractivity contribution in [2.75, 3.05) is 19.0 Å². The molecule has 0 spiro atoms. The van der Waals surface area contributed by atoms with Crippen LogP contribution in [0.25, 0.3) is 11.0 Å². The Morgan fingerprint density at radius 1 is 1.24 bits per heavy atom. The van der Waals surface area contributed by atoms with Gasteiger partial charge in [-0.15, -0.1) is 0 Å². The minimum absolute atomic E-state index is 0.0158. The van der Waals surface area contributed by atoms with Gasteiger partial charge in [0, 0.05) is 13.6 Å². The van der Waals surface area contributed by atoms with E-state index in [0.29, 0.717) is 18.8 Å². The van der Waals surface area contributed by atoms with Gasteiger partial charge in [0.25, 0.3) is 0 Å². The van der Waals surface area contributed by atoms with Crippen molar-refractivity contribution in [3.63, 3.8) is 0 Å². The van der Waals surface area contributed by atoms with Crippen molar-refractivity contribution in [2.45, 2.75) is 13.0 Å². The average Bonchev–Trinajstić information content (AvgIpc) is 2.98. The highest BCUT2D eigenvalue weighted by molar-refractivity contribution is 5.85. The molecule has 0 unspecified atom stereocenters. The van der Waals surface area contributed by atoms with Gasteiger partial charge in [-0.25, -0.2) is 9.97 Å². The highest BCUT2D eigenvalue weighted by Crippen LogP contribution is 2.29. The van der Waals surface area contributed by atoms with Gasteiger partial charge in [-0.1, -0.05) is 6.07 Å². The van der Waals surface area contributed by atoms with E-state index in [1.165, 1.54) is 19.5 Å². The van der Waals surface area contributed by atoms with Crippen LogP contribution in [0.4, 0.5) is 14.6 Å². The molecule has 0 atom stereocenters. The van der Waals surface area contributed by atoms with Gasteiger partial charge in [-0.3, -0.25) is 4.68 Å². The Morgan fingerprint density at radius 2 is 2.08 bits per heavy atom. The van der Waals surface area contributed by atoms with Gasteiger partial charge in [-0.2, -0.15) is 13.9 Å². The fourth-order valence-corrected chi connectivity index (χ4v) is 2.49. The van der Waals surface area contributed by atoms with Gasteiger partial charge in [0.05, 0.1) is 18.7 Å². The topological polar surface area (TPSA) is 74.1 Å². The number of aromatic nitrogens is 4. The van der Waals surface area contributed by atoms with Gasteiger partial charge >= 0.3 is 6.61 Å². The van der Waals surface area contributed by atoms with E-state index >= 15 is 0 Å². The third kappa shape index (κ3) is 3.76. The van der Waals surface area contributed by atoms with Crippen molar-refractivity contribution in [2.24, 2.45) is 7.05 Å². The van der Waals surface area contributed by atoms with E-state index < -0.39 is 6.61 Å². The molecule has 0 radical (unpaired) electrons. The number of fused-ring (bicyclic) bond motifs is 1. The second kappa shape index (κ2) is 7.29. The number of ether oxygens (including phenoxy) is 2. The Bertz CT molecular complexity index is 869. The van der Waals surface area contributed by atoms with E-state index in [1.54, 1.807) is 23.0 Å². The summed E-state index contributed by atoms with van der Waals surface area (Å²) < 4.78 is 35.9. The normalized spacial score (nSPS) is 11.1. The minimum Gasteiger partial charge on any atom is -0.493 e. The molecule has 0 amide bonds. The van der Waals surface area contributed by atoms with Crippen molar-refractivity contribution < 1.29 is 18.3 Å². The van der Waals surface area contributed by atoms with Crippen LogP contribution in [0.15, 0.2) is 30.7 Å². The van der Waals surface area contributed by atoms with E-state index in [9.17, 15) is 8.78 Å². The summed E-state index contributed by atoms with van der Waals surface area (Å²) in [7, 11) is 3.23. The lowest BCUT2D eigenvalue weighted by Gasteiger charge is -2.12. The number of halogens is 2. The maximum absolute atomic E-state index is 12.4. The van der Waals surface area contributed by atoms with Crippen molar-refractivity contribution in [1.82, 2.24) is 19.7 Å². The molecule has 0 fully saturated rings. The molecule has 0 aliphatic heterocycles. The largest absolute Gasteiger partial charge is 0.493 e. The van der Waals surface area contributed by atoms with E-state index in [0.717, 1.165) is 16.6 Å². The van der Waals surface area contributed by atoms with Crippen molar-refractivity contribution in [1.29, 1.82) is 0 Å². The third-order valence-electron chi connectivity index (χ3n) is 3.68. The first-order chi connectivity index (χ1) is 12.1. The Hall–Kier alpha value is -2.97. The first-order valence-corrected chi connectivity index (χ1v) is 7.57. The van der Waals surface area contributed by atoms with Gasteiger partial charge in [0.15, 0.2) is 17.1 Å².